The van der Waals surface area contributed by atoms with E-state index < -0.39 is 0 Å². The smallest absolute Gasteiger partial charge is 0.214 e. The van der Waals surface area contributed by atoms with Gasteiger partial charge in [-0.05, 0) is 43.2 Å². The van der Waals surface area contributed by atoms with Crippen LogP contribution >= 0.6 is 0 Å². The van der Waals surface area contributed by atoms with E-state index in [0.29, 0.717) is 11.3 Å². The van der Waals surface area contributed by atoms with Gasteiger partial charge in [0, 0.05) is 10.9 Å². The Kier molecular flexibility index (Phi) is 2.41. The predicted octanol–water partition coefficient (Wildman–Crippen LogP) is 2.32. The molecule has 5 heteroatoms. The average molecular weight is 254 g/mol. The second kappa shape index (κ2) is 3.98. The maximum Gasteiger partial charge on any atom is 0.214 e. The second-order valence-electron chi connectivity index (χ2n) is 4.73. The van der Waals surface area contributed by atoms with Gasteiger partial charge in [0.1, 0.15) is 5.82 Å². The molecule has 0 radical (unpaired) electrons. The fourth-order valence-corrected chi connectivity index (χ4v) is 2.15. The number of benzene rings is 1. The van der Waals surface area contributed by atoms with Crippen molar-refractivity contribution in [2.75, 3.05) is 5.73 Å². The number of hydrogen-bond acceptors (Lipinski definition) is 3. The number of anilines is 1. The van der Waals surface area contributed by atoms with Crippen LogP contribution < -0.4 is 5.73 Å². The van der Waals surface area contributed by atoms with E-state index in [1.54, 1.807) is 0 Å². The number of nitrogens with one attached hydrogen (secondary N) is 2. The molecule has 0 atom stereocenters. The van der Waals surface area contributed by atoms with Gasteiger partial charge < -0.3 is 10.7 Å². The standard InChI is InChI=1S/C14H14N4O/c1-7-3-9-5-12(17-11(9)4-8(7)2)13(19)10-6-16-18-14(10)15/h3-6,17H,1-2H3,(H3,15,16,18). The number of hydrogen-bond donors (Lipinski definition) is 3. The Morgan fingerprint density at radius 1 is 1.21 bits per heavy atom. The van der Waals surface area contributed by atoms with Gasteiger partial charge in [0.15, 0.2) is 0 Å². The summed E-state index contributed by atoms with van der Waals surface area (Å²) in [6, 6.07) is 5.95. The fourth-order valence-electron chi connectivity index (χ4n) is 2.15. The lowest BCUT2D eigenvalue weighted by atomic mass is 10.1. The van der Waals surface area contributed by atoms with Crippen molar-refractivity contribution in [1.82, 2.24) is 15.2 Å². The third kappa shape index (κ3) is 1.79. The largest absolute Gasteiger partial charge is 0.383 e. The van der Waals surface area contributed by atoms with E-state index in [9.17, 15) is 4.79 Å². The lowest BCUT2D eigenvalue weighted by Gasteiger charge is -1.98. The molecule has 0 saturated heterocycles. The zero-order valence-electron chi connectivity index (χ0n) is 10.7. The van der Waals surface area contributed by atoms with Crippen molar-refractivity contribution >= 4 is 22.5 Å². The quantitative estimate of drug-likeness (QED) is 0.613. The Morgan fingerprint density at radius 3 is 2.63 bits per heavy atom. The number of carbonyl (C=O) groups excluding carboxylic acids is 1. The Hall–Kier alpha value is -2.56. The summed E-state index contributed by atoms with van der Waals surface area (Å²) < 4.78 is 0. The summed E-state index contributed by atoms with van der Waals surface area (Å²) in [5, 5.41) is 7.35. The maximum absolute atomic E-state index is 12.3. The predicted molar refractivity (Wildman–Crippen MR) is 74.2 cm³/mol. The molecule has 0 aliphatic rings. The van der Waals surface area contributed by atoms with Gasteiger partial charge in [-0.1, -0.05) is 0 Å². The van der Waals surface area contributed by atoms with Gasteiger partial charge in [-0.25, -0.2) is 0 Å². The molecule has 0 fully saturated rings. The molecular weight excluding hydrogens is 240 g/mol. The maximum atomic E-state index is 12.3. The number of aryl methyl sites for hydroxylation is 2. The fraction of sp³-hybridized carbons (Fsp3) is 0.143. The molecule has 0 aliphatic carbocycles. The van der Waals surface area contributed by atoms with E-state index in [4.69, 9.17) is 5.73 Å². The Bertz CT molecular complexity index is 743. The van der Waals surface area contributed by atoms with Gasteiger partial charge in [-0.15, -0.1) is 0 Å². The molecule has 1 aromatic carbocycles. The number of nitrogens with zero attached hydrogens (tertiary/aromatic N) is 1. The van der Waals surface area contributed by atoms with Crippen LogP contribution in [0.3, 0.4) is 0 Å². The molecule has 96 valence electrons. The number of nitrogen functional groups attached to an aromatic ring is 1. The summed E-state index contributed by atoms with van der Waals surface area (Å²) in [6.45, 7) is 4.10. The Labute approximate surface area is 109 Å². The third-order valence-corrected chi connectivity index (χ3v) is 3.39. The number of fused-ring (bicyclic) bond motifs is 1. The third-order valence-electron chi connectivity index (χ3n) is 3.39. The van der Waals surface area contributed by atoms with Crippen LogP contribution in [-0.4, -0.2) is 21.0 Å². The summed E-state index contributed by atoms with van der Waals surface area (Å²) in [7, 11) is 0. The van der Waals surface area contributed by atoms with E-state index >= 15 is 0 Å². The average Bonchev–Trinajstić information content (AvgIpc) is 2.95. The first kappa shape index (κ1) is 11.5. The van der Waals surface area contributed by atoms with Crippen LogP contribution in [-0.2, 0) is 0 Å². The molecule has 4 N–H and O–H groups in total. The molecule has 0 bridgehead atoms. The molecule has 2 aromatic heterocycles. The molecule has 2 heterocycles. The van der Waals surface area contributed by atoms with Crippen LogP contribution in [0.1, 0.15) is 27.2 Å². The zero-order valence-corrected chi connectivity index (χ0v) is 10.7. The molecule has 0 spiro atoms. The highest BCUT2D eigenvalue weighted by Crippen LogP contribution is 2.22. The number of aromatic amines is 2. The minimum atomic E-state index is -0.155. The highest BCUT2D eigenvalue weighted by Gasteiger charge is 2.16. The van der Waals surface area contributed by atoms with Crippen LogP contribution in [0.4, 0.5) is 5.82 Å². The summed E-state index contributed by atoms with van der Waals surface area (Å²) in [5.41, 5.74) is 9.92. The molecule has 19 heavy (non-hydrogen) atoms. The normalized spacial score (nSPS) is 11.1. The minimum absolute atomic E-state index is 0.155. The molecule has 3 rings (SSSR count). The number of nitrogens with two attached hydrogens (primary N) is 1. The van der Waals surface area contributed by atoms with Gasteiger partial charge >= 0.3 is 0 Å². The first-order valence-electron chi connectivity index (χ1n) is 6.00. The lowest BCUT2D eigenvalue weighted by Crippen LogP contribution is -2.03. The van der Waals surface area contributed by atoms with E-state index in [1.165, 1.54) is 17.3 Å². The van der Waals surface area contributed by atoms with Gasteiger partial charge in [-0.3, -0.25) is 9.89 Å². The molecular formula is C14H14N4O. The number of rotatable bonds is 2. The number of aromatic nitrogens is 3. The van der Waals surface area contributed by atoms with Gasteiger partial charge in [-0.2, -0.15) is 5.10 Å². The first-order chi connectivity index (χ1) is 9.06. The summed E-state index contributed by atoms with van der Waals surface area (Å²) >= 11 is 0. The summed E-state index contributed by atoms with van der Waals surface area (Å²) in [4.78, 5) is 15.4. The molecule has 3 aromatic rings. The van der Waals surface area contributed by atoms with Gasteiger partial charge in [0.25, 0.3) is 0 Å². The van der Waals surface area contributed by atoms with Crippen molar-refractivity contribution in [1.29, 1.82) is 0 Å². The van der Waals surface area contributed by atoms with Crippen molar-refractivity contribution in [2.24, 2.45) is 0 Å². The van der Waals surface area contributed by atoms with Crippen LogP contribution in [0.5, 0.6) is 0 Å². The van der Waals surface area contributed by atoms with Crippen LogP contribution in [0.25, 0.3) is 10.9 Å². The van der Waals surface area contributed by atoms with E-state index in [0.717, 1.165) is 10.9 Å². The van der Waals surface area contributed by atoms with Crippen LogP contribution in [0.2, 0.25) is 0 Å². The first-order valence-corrected chi connectivity index (χ1v) is 6.00. The zero-order chi connectivity index (χ0) is 13.6. The van der Waals surface area contributed by atoms with Crippen molar-refractivity contribution in [2.45, 2.75) is 13.8 Å². The van der Waals surface area contributed by atoms with Gasteiger partial charge in [0.05, 0.1) is 17.5 Å². The number of carbonyl (C=O) groups is 1. The highest BCUT2D eigenvalue weighted by molar-refractivity contribution is 6.12. The summed E-state index contributed by atoms with van der Waals surface area (Å²) in [5.74, 6) is 0.133. The molecule has 5 nitrogen and oxygen atoms in total. The highest BCUT2D eigenvalue weighted by atomic mass is 16.1. The van der Waals surface area contributed by atoms with E-state index in [1.807, 2.05) is 19.1 Å². The van der Waals surface area contributed by atoms with Crippen LogP contribution in [0.15, 0.2) is 24.4 Å². The molecule has 0 amide bonds. The van der Waals surface area contributed by atoms with Gasteiger partial charge in [0.2, 0.25) is 5.78 Å². The van der Waals surface area contributed by atoms with E-state index in [2.05, 4.69) is 28.2 Å². The van der Waals surface area contributed by atoms with Crippen molar-refractivity contribution in [3.8, 4) is 0 Å². The van der Waals surface area contributed by atoms with Crippen molar-refractivity contribution in [3.05, 3.63) is 46.8 Å². The van der Waals surface area contributed by atoms with Crippen molar-refractivity contribution in [3.63, 3.8) is 0 Å². The second-order valence-corrected chi connectivity index (χ2v) is 4.73. The summed E-state index contributed by atoms with van der Waals surface area (Å²) in [6.07, 6.45) is 1.44. The van der Waals surface area contributed by atoms with Crippen molar-refractivity contribution < 1.29 is 4.79 Å². The minimum Gasteiger partial charge on any atom is -0.383 e. The Balaban J connectivity index is 2.11. The lowest BCUT2D eigenvalue weighted by molar-refractivity contribution is 0.103. The molecule has 0 aliphatic heterocycles. The van der Waals surface area contributed by atoms with Crippen LogP contribution in [0, 0.1) is 13.8 Å². The molecule has 0 unspecified atom stereocenters. The topological polar surface area (TPSA) is 87.6 Å². The monoisotopic (exact) mass is 254 g/mol. The Morgan fingerprint density at radius 2 is 1.95 bits per heavy atom. The SMILES string of the molecule is Cc1cc2cc(C(=O)c3cn[nH]c3N)[nH]c2cc1C. The number of ketones is 1. The molecule has 0 saturated carbocycles. The number of H-pyrrole nitrogens is 2. The van der Waals surface area contributed by atoms with E-state index in [-0.39, 0.29) is 11.6 Å².